The first-order valence-electron chi connectivity index (χ1n) is 10.3. The minimum absolute atomic E-state index is 0.0935. The van der Waals surface area contributed by atoms with Gasteiger partial charge in [-0.15, -0.1) is 0 Å². The Morgan fingerprint density at radius 1 is 1.06 bits per heavy atom. The monoisotopic (exact) mass is 507 g/mol. The second kappa shape index (κ2) is 10.8. The number of carbonyl (C=O) groups excluding carboxylic acids is 1. The molecule has 1 aliphatic carbocycles. The van der Waals surface area contributed by atoms with Gasteiger partial charge < -0.3 is 4.74 Å². The topological polar surface area (TPSA) is 88.1 Å². The number of hydrogen-bond donors (Lipinski definition) is 1. The highest BCUT2D eigenvalue weighted by Gasteiger charge is 2.27. The Hall–Kier alpha value is -2.39. The van der Waals surface area contributed by atoms with Gasteiger partial charge in [0.2, 0.25) is 0 Å². The van der Waals surface area contributed by atoms with E-state index < -0.39 is 15.9 Å². The molecular formula is C22H26BrN3O4S. The second-order valence-corrected chi connectivity index (χ2v) is 9.94. The molecule has 166 valence electrons. The van der Waals surface area contributed by atoms with E-state index in [1.165, 1.54) is 18.6 Å². The molecule has 0 unspecified atom stereocenters. The molecule has 0 atom stereocenters. The number of ether oxygens (including phenoxy) is 1. The summed E-state index contributed by atoms with van der Waals surface area (Å²) in [5, 5.41) is 4.20. The molecule has 0 spiro atoms. The van der Waals surface area contributed by atoms with Gasteiger partial charge in [-0.3, -0.25) is 9.10 Å². The first-order valence-corrected chi connectivity index (χ1v) is 12.5. The summed E-state index contributed by atoms with van der Waals surface area (Å²) in [6.45, 7) is 1.99. The maximum absolute atomic E-state index is 13.4. The number of anilines is 1. The highest BCUT2D eigenvalue weighted by Crippen LogP contribution is 2.26. The van der Waals surface area contributed by atoms with Crippen LogP contribution in [-0.2, 0) is 14.8 Å². The summed E-state index contributed by atoms with van der Waals surface area (Å²) in [5.41, 5.74) is 3.84. The van der Waals surface area contributed by atoms with Crippen molar-refractivity contribution in [2.75, 3.05) is 17.5 Å². The minimum Gasteiger partial charge on any atom is -0.494 e. The molecule has 1 aliphatic rings. The number of hydrogen-bond acceptors (Lipinski definition) is 5. The Kier molecular flexibility index (Phi) is 8.09. The average Bonchev–Trinajstić information content (AvgIpc) is 2.78. The van der Waals surface area contributed by atoms with Gasteiger partial charge in [-0.1, -0.05) is 22.4 Å². The molecule has 1 fully saturated rings. The molecule has 9 heteroatoms. The highest BCUT2D eigenvalue weighted by atomic mass is 79.9. The summed E-state index contributed by atoms with van der Waals surface area (Å²) < 4.78 is 34.0. The van der Waals surface area contributed by atoms with Crippen molar-refractivity contribution in [3.8, 4) is 5.75 Å². The number of hydrazone groups is 1. The quantitative estimate of drug-likeness (QED) is 0.533. The van der Waals surface area contributed by atoms with Crippen LogP contribution >= 0.6 is 15.9 Å². The zero-order valence-electron chi connectivity index (χ0n) is 17.4. The fourth-order valence-corrected chi connectivity index (χ4v) is 4.99. The van der Waals surface area contributed by atoms with Crippen molar-refractivity contribution < 1.29 is 17.9 Å². The van der Waals surface area contributed by atoms with Crippen LogP contribution in [0.25, 0.3) is 0 Å². The van der Waals surface area contributed by atoms with Gasteiger partial charge in [0.05, 0.1) is 17.2 Å². The predicted molar refractivity (Wildman–Crippen MR) is 125 cm³/mol. The van der Waals surface area contributed by atoms with E-state index in [1.807, 2.05) is 6.92 Å². The van der Waals surface area contributed by atoms with Crippen LogP contribution in [-0.4, -0.2) is 33.2 Å². The van der Waals surface area contributed by atoms with E-state index in [9.17, 15) is 13.2 Å². The summed E-state index contributed by atoms with van der Waals surface area (Å²) in [5.74, 6) is 0.132. The molecule has 0 heterocycles. The molecule has 1 N–H and O–H groups in total. The Labute approximate surface area is 191 Å². The number of halogens is 1. The van der Waals surface area contributed by atoms with Gasteiger partial charge in [-0.05, 0) is 81.1 Å². The third kappa shape index (κ3) is 6.30. The number of benzene rings is 2. The number of carbonyl (C=O) groups is 1. The molecule has 0 bridgehead atoms. The number of rotatable bonds is 8. The predicted octanol–water partition coefficient (Wildman–Crippen LogP) is 4.48. The fourth-order valence-electron chi connectivity index (χ4n) is 3.30. The van der Waals surface area contributed by atoms with E-state index in [0.717, 1.165) is 40.2 Å². The van der Waals surface area contributed by atoms with Crippen LogP contribution < -0.4 is 14.5 Å². The largest absolute Gasteiger partial charge is 0.494 e. The van der Waals surface area contributed by atoms with Crippen molar-refractivity contribution in [1.82, 2.24) is 5.43 Å². The molecule has 1 amide bonds. The van der Waals surface area contributed by atoms with Crippen molar-refractivity contribution in [2.45, 2.75) is 43.9 Å². The van der Waals surface area contributed by atoms with E-state index in [1.54, 1.807) is 36.4 Å². The zero-order valence-corrected chi connectivity index (χ0v) is 19.8. The third-order valence-electron chi connectivity index (χ3n) is 4.89. The molecule has 0 aliphatic heterocycles. The Morgan fingerprint density at radius 3 is 2.32 bits per heavy atom. The third-order valence-corrected chi connectivity index (χ3v) is 7.21. The lowest BCUT2D eigenvalue weighted by Gasteiger charge is -2.24. The summed E-state index contributed by atoms with van der Waals surface area (Å²) >= 11 is 3.31. The van der Waals surface area contributed by atoms with Crippen LogP contribution in [0.1, 0.15) is 39.0 Å². The maximum atomic E-state index is 13.4. The second-order valence-electron chi connectivity index (χ2n) is 7.17. The van der Waals surface area contributed by atoms with Crippen molar-refractivity contribution >= 4 is 43.3 Å². The van der Waals surface area contributed by atoms with Crippen LogP contribution in [0.15, 0.2) is 63.0 Å². The lowest BCUT2D eigenvalue weighted by molar-refractivity contribution is -0.119. The fraction of sp³-hybridized carbons (Fsp3) is 0.364. The van der Waals surface area contributed by atoms with Gasteiger partial charge in [-0.2, -0.15) is 5.10 Å². The number of nitrogens with one attached hydrogen (secondary N) is 1. The normalized spacial score (nSPS) is 14.1. The lowest BCUT2D eigenvalue weighted by atomic mass is 9.99. The molecule has 1 saturated carbocycles. The highest BCUT2D eigenvalue weighted by molar-refractivity contribution is 9.10. The number of sulfonamides is 1. The van der Waals surface area contributed by atoms with Gasteiger partial charge in [0.25, 0.3) is 15.9 Å². The van der Waals surface area contributed by atoms with E-state index in [4.69, 9.17) is 4.74 Å². The molecule has 31 heavy (non-hydrogen) atoms. The van der Waals surface area contributed by atoms with Gasteiger partial charge in [0, 0.05) is 10.2 Å². The molecule has 2 aromatic rings. The van der Waals surface area contributed by atoms with Crippen LogP contribution in [0.3, 0.4) is 0 Å². The van der Waals surface area contributed by atoms with Gasteiger partial charge in [0.1, 0.15) is 12.3 Å². The van der Waals surface area contributed by atoms with Crippen LogP contribution in [0, 0.1) is 0 Å². The number of nitrogens with zero attached hydrogens (tertiary/aromatic N) is 2. The molecule has 7 nitrogen and oxygen atoms in total. The van der Waals surface area contributed by atoms with Crippen LogP contribution in [0.4, 0.5) is 5.69 Å². The van der Waals surface area contributed by atoms with Crippen molar-refractivity contribution in [3.63, 3.8) is 0 Å². The molecule has 0 aromatic heterocycles. The Morgan fingerprint density at radius 2 is 1.71 bits per heavy atom. The summed E-state index contributed by atoms with van der Waals surface area (Å²) in [7, 11) is -3.97. The van der Waals surface area contributed by atoms with Crippen molar-refractivity contribution in [1.29, 1.82) is 0 Å². The number of amides is 1. The standard InChI is InChI=1S/C22H26BrN3O4S/c1-2-30-20-12-10-19(11-13-20)26(31(28,29)21-14-8-17(23)9-15-21)16-22(27)25-24-18-6-4-3-5-7-18/h8-15H,2-7,16H2,1H3,(H,25,27). The summed E-state index contributed by atoms with van der Waals surface area (Å²) in [4.78, 5) is 12.7. The van der Waals surface area contributed by atoms with Crippen LogP contribution in [0.5, 0.6) is 5.75 Å². The van der Waals surface area contributed by atoms with E-state index >= 15 is 0 Å². The van der Waals surface area contributed by atoms with Gasteiger partial charge in [-0.25, -0.2) is 13.8 Å². The van der Waals surface area contributed by atoms with E-state index in [2.05, 4.69) is 26.5 Å². The molecular weight excluding hydrogens is 482 g/mol. The van der Waals surface area contributed by atoms with Crippen LogP contribution in [0.2, 0.25) is 0 Å². The molecule has 2 aromatic carbocycles. The summed E-state index contributed by atoms with van der Waals surface area (Å²) in [6, 6.07) is 12.9. The molecule has 0 saturated heterocycles. The first-order chi connectivity index (χ1) is 14.9. The smallest absolute Gasteiger partial charge is 0.264 e. The minimum atomic E-state index is -3.97. The average molecular weight is 508 g/mol. The lowest BCUT2D eigenvalue weighted by Crippen LogP contribution is -2.39. The van der Waals surface area contributed by atoms with Gasteiger partial charge >= 0.3 is 0 Å². The Bertz CT molecular complexity index is 1010. The van der Waals surface area contributed by atoms with E-state index in [0.29, 0.717) is 18.0 Å². The maximum Gasteiger partial charge on any atom is 0.264 e. The molecule has 3 rings (SSSR count). The SMILES string of the molecule is CCOc1ccc(N(CC(=O)NN=C2CCCCC2)S(=O)(=O)c2ccc(Br)cc2)cc1. The zero-order chi connectivity index (χ0) is 22.3. The first kappa shape index (κ1) is 23.3. The van der Waals surface area contributed by atoms with Gasteiger partial charge in [0.15, 0.2) is 0 Å². The Balaban J connectivity index is 1.86. The van der Waals surface area contributed by atoms with Crippen molar-refractivity contribution in [3.05, 3.63) is 53.0 Å². The molecule has 0 radical (unpaired) electrons. The van der Waals surface area contributed by atoms with Crippen molar-refractivity contribution in [2.24, 2.45) is 5.10 Å². The van der Waals surface area contributed by atoms with E-state index in [-0.39, 0.29) is 11.4 Å². The summed E-state index contributed by atoms with van der Waals surface area (Å²) in [6.07, 6.45) is 5.01.